The fourth-order valence-corrected chi connectivity index (χ4v) is 0.831. The van der Waals surface area contributed by atoms with Crippen molar-refractivity contribution in [2.75, 3.05) is 6.54 Å². The zero-order chi connectivity index (χ0) is 10.8. The van der Waals surface area contributed by atoms with Gasteiger partial charge in [-0.3, -0.25) is 9.89 Å². The van der Waals surface area contributed by atoms with E-state index in [2.05, 4.69) is 10.2 Å². The average Bonchev–Trinajstić information content (AvgIpc) is 2.46. The van der Waals surface area contributed by atoms with Crippen LogP contribution in [0.5, 0.6) is 0 Å². The van der Waals surface area contributed by atoms with Gasteiger partial charge in [-0.2, -0.15) is 18.3 Å². The predicted molar refractivity (Wildman–Crippen MR) is 42.0 cm³/mol. The number of alkyl halides is 3. The van der Waals surface area contributed by atoms with Crippen molar-refractivity contribution >= 4 is 17.5 Å². The molecular weight excluding hydrogens is 223 g/mol. The normalized spacial score (nSPS) is 11.4. The average molecular weight is 228 g/mol. The van der Waals surface area contributed by atoms with Gasteiger partial charge >= 0.3 is 6.18 Å². The third-order valence-electron chi connectivity index (χ3n) is 1.23. The zero-order valence-corrected chi connectivity index (χ0v) is 7.41. The zero-order valence-electron chi connectivity index (χ0n) is 6.65. The van der Waals surface area contributed by atoms with Crippen LogP contribution in [-0.2, 0) is 0 Å². The standard InChI is InChI=1S/C6H5ClF3N3O/c7-4-1-3(12-13-4)5(14)11-2-6(8,9)10/h1H,2H2,(H,11,14)(H,12,13). The number of rotatable bonds is 2. The summed E-state index contributed by atoms with van der Waals surface area (Å²) in [5.41, 5.74) is -0.181. The second-order valence-corrected chi connectivity index (χ2v) is 2.81. The Morgan fingerprint density at radius 2 is 2.29 bits per heavy atom. The van der Waals surface area contributed by atoms with Gasteiger partial charge in [-0.15, -0.1) is 0 Å². The van der Waals surface area contributed by atoms with Gasteiger partial charge in [-0.05, 0) is 0 Å². The number of hydrogen-bond donors (Lipinski definition) is 2. The Labute approximate surface area is 81.4 Å². The molecule has 8 heteroatoms. The highest BCUT2D eigenvalue weighted by atomic mass is 35.5. The van der Waals surface area contributed by atoms with Crippen LogP contribution >= 0.6 is 11.6 Å². The van der Waals surface area contributed by atoms with Gasteiger partial charge in [0.1, 0.15) is 11.7 Å². The first-order chi connectivity index (χ1) is 6.38. The van der Waals surface area contributed by atoms with Gasteiger partial charge < -0.3 is 5.32 Å². The maximum absolute atomic E-state index is 11.7. The van der Waals surface area contributed by atoms with Gasteiger partial charge in [0.15, 0.2) is 5.69 Å². The molecule has 1 rings (SSSR count). The van der Waals surface area contributed by atoms with Crippen LogP contribution in [0.1, 0.15) is 10.5 Å². The lowest BCUT2D eigenvalue weighted by atomic mass is 10.4. The van der Waals surface area contributed by atoms with Crippen molar-refractivity contribution in [1.29, 1.82) is 0 Å². The minimum Gasteiger partial charge on any atom is -0.342 e. The Morgan fingerprint density at radius 1 is 1.64 bits per heavy atom. The van der Waals surface area contributed by atoms with E-state index >= 15 is 0 Å². The maximum atomic E-state index is 11.7. The van der Waals surface area contributed by atoms with Crippen molar-refractivity contribution in [3.8, 4) is 0 Å². The van der Waals surface area contributed by atoms with E-state index in [1.165, 1.54) is 0 Å². The Bertz CT molecular complexity index is 335. The maximum Gasteiger partial charge on any atom is 0.405 e. The third kappa shape index (κ3) is 3.25. The van der Waals surface area contributed by atoms with Gasteiger partial charge in [-0.1, -0.05) is 11.6 Å². The van der Waals surface area contributed by atoms with Gasteiger partial charge in [-0.25, -0.2) is 0 Å². The van der Waals surface area contributed by atoms with Crippen LogP contribution in [0.3, 0.4) is 0 Å². The molecule has 0 unspecified atom stereocenters. The number of aromatic amines is 1. The Kier molecular flexibility index (Phi) is 3.00. The first-order valence-electron chi connectivity index (χ1n) is 3.44. The quantitative estimate of drug-likeness (QED) is 0.801. The number of halogens is 4. The second kappa shape index (κ2) is 3.87. The van der Waals surface area contributed by atoms with Crippen LogP contribution < -0.4 is 5.32 Å². The monoisotopic (exact) mass is 227 g/mol. The summed E-state index contributed by atoms with van der Waals surface area (Å²) >= 11 is 5.37. The summed E-state index contributed by atoms with van der Waals surface area (Å²) in [6, 6.07) is 1.13. The largest absolute Gasteiger partial charge is 0.405 e. The number of aromatic nitrogens is 2. The van der Waals surface area contributed by atoms with E-state index < -0.39 is 18.6 Å². The van der Waals surface area contributed by atoms with E-state index in [1.807, 2.05) is 0 Å². The molecule has 78 valence electrons. The first kappa shape index (κ1) is 10.8. The van der Waals surface area contributed by atoms with Crippen molar-refractivity contribution in [2.24, 2.45) is 0 Å². The fourth-order valence-electron chi connectivity index (χ4n) is 0.686. The SMILES string of the molecule is O=C(NCC(F)(F)F)c1cc(Cl)[nH]n1. The molecule has 0 saturated heterocycles. The van der Waals surface area contributed by atoms with Crippen molar-refractivity contribution in [3.05, 3.63) is 16.9 Å². The molecule has 0 spiro atoms. The number of H-pyrrole nitrogens is 1. The molecule has 0 bridgehead atoms. The highest BCUT2D eigenvalue weighted by molar-refractivity contribution is 6.29. The van der Waals surface area contributed by atoms with Crippen LogP contribution in [0.2, 0.25) is 5.15 Å². The van der Waals surface area contributed by atoms with E-state index in [1.54, 1.807) is 5.32 Å². The summed E-state index contributed by atoms with van der Waals surface area (Å²) in [7, 11) is 0. The molecule has 1 aromatic heterocycles. The molecule has 0 aliphatic carbocycles. The van der Waals surface area contributed by atoms with Crippen LogP contribution in [0.15, 0.2) is 6.07 Å². The predicted octanol–water partition coefficient (Wildman–Crippen LogP) is 1.36. The smallest absolute Gasteiger partial charge is 0.342 e. The molecule has 0 aliphatic heterocycles. The number of nitrogens with zero attached hydrogens (tertiary/aromatic N) is 1. The second-order valence-electron chi connectivity index (χ2n) is 2.40. The lowest BCUT2D eigenvalue weighted by Crippen LogP contribution is -2.33. The summed E-state index contributed by atoms with van der Waals surface area (Å²) in [4.78, 5) is 11.0. The number of carbonyl (C=O) groups is 1. The van der Waals surface area contributed by atoms with Gasteiger partial charge in [0, 0.05) is 6.07 Å². The van der Waals surface area contributed by atoms with Gasteiger partial charge in [0.2, 0.25) is 0 Å². The van der Waals surface area contributed by atoms with E-state index in [0.29, 0.717) is 0 Å². The minimum atomic E-state index is -4.43. The first-order valence-corrected chi connectivity index (χ1v) is 3.82. The molecule has 1 amide bonds. The highest BCUT2D eigenvalue weighted by Gasteiger charge is 2.28. The Morgan fingerprint density at radius 3 is 2.71 bits per heavy atom. The third-order valence-corrected chi connectivity index (χ3v) is 1.42. The Hall–Kier alpha value is -1.24. The van der Waals surface area contributed by atoms with Crippen molar-refractivity contribution in [2.45, 2.75) is 6.18 Å². The lowest BCUT2D eigenvalue weighted by Gasteiger charge is -2.06. The molecule has 1 heterocycles. The summed E-state index contributed by atoms with van der Waals surface area (Å²) in [6.45, 7) is -1.39. The van der Waals surface area contributed by atoms with E-state index in [4.69, 9.17) is 11.6 Å². The molecule has 0 saturated carbocycles. The van der Waals surface area contributed by atoms with E-state index in [9.17, 15) is 18.0 Å². The van der Waals surface area contributed by atoms with Crippen molar-refractivity contribution < 1.29 is 18.0 Å². The molecule has 2 N–H and O–H groups in total. The number of amides is 1. The molecular formula is C6H5ClF3N3O. The molecule has 0 atom stereocenters. The topological polar surface area (TPSA) is 57.8 Å². The van der Waals surface area contributed by atoms with Crippen LogP contribution in [-0.4, -0.2) is 28.8 Å². The van der Waals surface area contributed by atoms with Crippen LogP contribution in [0.25, 0.3) is 0 Å². The van der Waals surface area contributed by atoms with Crippen LogP contribution in [0.4, 0.5) is 13.2 Å². The molecule has 0 aliphatic rings. The summed E-state index contributed by atoms with van der Waals surface area (Å²) in [6.07, 6.45) is -4.43. The Balaban J connectivity index is 2.52. The molecule has 14 heavy (non-hydrogen) atoms. The summed E-state index contributed by atoms with van der Waals surface area (Å²) < 4.78 is 35.0. The molecule has 0 aromatic carbocycles. The van der Waals surface area contributed by atoms with Crippen LogP contribution in [0, 0.1) is 0 Å². The van der Waals surface area contributed by atoms with Gasteiger partial charge in [0.25, 0.3) is 5.91 Å². The van der Waals surface area contributed by atoms with Crippen molar-refractivity contribution in [3.63, 3.8) is 0 Å². The fraction of sp³-hybridized carbons (Fsp3) is 0.333. The number of nitrogens with one attached hydrogen (secondary N) is 2. The molecule has 1 aromatic rings. The minimum absolute atomic E-state index is 0.0853. The number of carbonyl (C=O) groups excluding carboxylic acids is 1. The van der Waals surface area contributed by atoms with E-state index in [0.717, 1.165) is 6.07 Å². The van der Waals surface area contributed by atoms with Crippen molar-refractivity contribution in [1.82, 2.24) is 15.5 Å². The molecule has 4 nitrogen and oxygen atoms in total. The molecule has 0 radical (unpaired) electrons. The summed E-state index contributed by atoms with van der Waals surface area (Å²) in [5.74, 6) is -0.925. The summed E-state index contributed by atoms with van der Waals surface area (Å²) in [5, 5.41) is 7.33. The highest BCUT2D eigenvalue weighted by Crippen LogP contribution is 2.12. The lowest BCUT2D eigenvalue weighted by molar-refractivity contribution is -0.123. The number of hydrogen-bond acceptors (Lipinski definition) is 2. The van der Waals surface area contributed by atoms with Gasteiger partial charge in [0.05, 0.1) is 0 Å². The molecule has 0 fully saturated rings. The van der Waals surface area contributed by atoms with E-state index in [-0.39, 0.29) is 10.8 Å².